The maximum Gasteiger partial charge on any atom is 0.407 e. The van der Waals surface area contributed by atoms with E-state index in [4.69, 9.17) is 9.47 Å². The van der Waals surface area contributed by atoms with Crippen LogP contribution in [0.4, 0.5) is 4.79 Å². The molecule has 1 aromatic rings. The first-order valence-electron chi connectivity index (χ1n) is 6.15. The van der Waals surface area contributed by atoms with Crippen LogP contribution < -0.4 is 10.1 Å². The summed E-state index contributed by atoms with van der Waals surface area (Å²) in [4.78, 5) is 11.4. The third kappa shape index (κ3) is 5.07. The number of carbonyl (C=O) groups is 1. The average molecular weight is 267 g/mol. The van der Waals surface area contributed by atoms with Crippen LogP contribution in [0.3, 0.4) is 0 Å². The molecule has 1 amide bonds. The normalized spacial score (nSPS) is 10.9. The minimum atomic E-state index is -0.512. The van der Waals surface area contributed by atoms with Gasteiger partial charge in [-0.3, -0.25) is 0 Å². The molecule has 106 valence electrons. The average Bonchev–Trinajstić information content (AvgIpc) is 2.29. The van der Waals surface area contributed by atoms with Gasteiger partial charge in [0.25, 0.3) is 0 Å². The van der Waals surface area contributed by atoms with E-state index >= 15 is 0 Å². The van der Waals surface area contributed by atoms with Crippen molar-refractivity contribution in [2.45, 2.75) is 32.8 Å². The van der Waals surface area contributed by atoms with Gasteiger partial charge in [0.1, 0.15) is 5.60 Å². The number of hydrogen-bond acceptors (Lipinski definition) is 4. The van der Waals surface area contributed by atoms with Crippen molar-refractivity contribution in [2.75, 3.05) is 13.7 Å². The highest BCUT2D eigenvalue weighted by molar-refractivity contribution is 5.67. The fourth-order valence-electron chi connectivity index (χ4n) is 1.55. The summed E-state index contributed by atoms with van der Waals surface area (Å²) >= 11 is 0. The number of alkyl carbamates (subject to hydrolysis) is 1. The largest absolute Gasteiger partial charge is 0.504 e. The van der Waals surface area contributed by atoms with Crippen LogP contribution in [0.1, 0.15) is 26.3 Å². The number of phenolic OH excluding ortho intramolecular Hbond substituents is 1. The predicted octanol–water partition coefficient (Wildman–Crippen LogP) is 2.47. The van der Waals surface area contributed by atoms with E-state index in [2.05, 4.69) is 5.32 Å². The molecule has 0 spiro atoms. The second-order valence-electron chi connectivity index (χ2n) is 5.15. The van der Waals surface area contributed by atoms with Gasteiger partial charge in [-0.15, -0.1) is 0 Å². The summed E-state index contributed by atoms with van der Waals surface area (Å²) < 4.78 is 10.1. The number of phenols is 1. The van der Waals surface area contributed by atoms with Crippen LogP contribution in [-0.4, -0.2) is 30.5 Å². The van der Waals surface area contributed by atoms with Crippen molar-refractivity contribution in [3.63, 3.8) is 0 Å². The third-order valence-electron chi connectivity index (χ3n) is 2.37. The summed E-state index contributed by atoms with van der Waals surface area (Å²) in [7, 11) is 1.50. The van der Waals surface area contributed by atoms with Gasteiger partial charge in [-0.25, -0.2) is 4.79 Å². The molecule has 19 heavy (non-hydrogen) atoms. The maximum atomic E-state index is 11.4. The first-order chi connectivity index (χ1) is 8.83. The summed E-state index contributed by atoms with van der Waals surface area (Å²) in [6, 6.07) is 5.26. The predicted molar refractivity (Wildman–Crippen MR) is 72.6 cm³/mol. The van der Waals surface area contributed by atoms with Crippen molar-refractivity contribution in [2.24, 2.45) is 0 Å². The Morgan fingerprint density at radius 3 is 2.63 bits per heavy atom. The quantitative estimate of drug-likeness (QED) is 0.879. The SMILES string of the molecule is COc1cccc(CCNC(=O)OC(C)(C)C)c1O. The molecule has 1 rings (SSSR count). The van der Waals surface area contributed by atoms with Gasteiger partial charge in [0, 0.05) is 6.54 Å². The van der Waals surface area contributed by atoms with Crippen LogP contribution in [0.25, 0.3) is 0 Å². The first-order valence-corrected chi connectivity index (χ1v) is 6.15. The second-order valence-corrected chi connectivity index (χ2v) is 5.15. The lowest BCUT2D eigenvalue weighted by atomic mass is 10.1. The van der Waals surface area contributed by atoms with Gasteiger partial charge >= 0.3 is 6.09 Å². The third-order valence-corrected chi connectivity index (χ3v) is 2.37. The molecule has 0 aliphatic heterocycles. The van der Waals surface area contributed by atoms with E-state index in [1.54, 1.807) is 39.0 Å². The molecule has 1 aromatic carbocycles. The first kappa shape index (κ1) is 15.1. The van der Waals surface area contributed by atoms with E-state index in [1.807, 2.05) is 0 Å². The van der Waals surface area contributed by atoms with Crippen molar-refractivity contribution < 1.29 is 19.4 Å². The maximum absolute atomic E-state index is 11.4. The minimum absolute atomic E-state index is 0.107. The fourth-order valence-corrected chi connectivity index (χ4v) is 1.55. The van der Waals surface area contributed by atoms with Crippen LogP contribution in [0.5, 0.6) is 11.5 Å². The van der Waals surface area contributed by atoms with Crippen LogP contribution in [-0.2, 0) is 11.2 Å². The number of carbonyl (C=O) groups excluding carboxylic acids is 1. The molecule has 5 nitrogen and oxygen atoms in total. The molecule has 0 aliphatic carbocycles. The van der Waals surface area contributed by atoms with E-state index in [0.717, 1.165) is 5.56 Å². The Hall–Kier alpha value is -1.91. The monoisotopic (exact) mass is 267 g/mol. The van der Waals surface area contributed by atoms with Crippen molar-refractivity contribution in [1.82, 2.24) is 5.32 Å². The Morgan fingerprint density at radius 2 is 2.05 bits per heavy atom. The lowest BCUT2D eigenvalue weighted by molar-refractivity contribution is 0.0528. The zero-order chi connectivity index (χ0) is 14.5. The number of nitrogens with one attached hydrogen (secondary N) is 1. The van der Waals surface area contributed by atoms with Gasteiger partial charge in [0.15, 0.2) is 11.5 Å². The van der Waals surface area contributed by atoms with Crippen LogP contribution in [0, 0.1) is 0 Å². The number of methoxy groups -OCH3 is 1. The van der Waals surface area contributed by atoms with Crippen molar-refractivity contribution in [3.8, 4) is 11.5 Å². The number of ether oxygens (including phenoxy) is 2. The summed E-state index contributed by atoms with van der Waals surface area (Å²) in [5.74, 6) is 0.533. The summed E-state index contributed by atoms with van der Waals surface area (Å²) in [6.07, 6.45) is 0.0392. The van der Waals surface area contributed by atoms with E-state index in [-0.39, 0.29) is 5.75 Å². The Balaban J connectivity index is 2.48. The van der Waals surface area contributed by atoms with E-state index < -0.39 is 11.7 Å². The molecular weight excluding hydrogens is 246 g/mol. The number of rotatable bonds is 4. The highest BCUT2D eigenvalue weighted by Gasteiger charge is 2.15. The smallest absolute Gasteiger partial charge is 0.407 e. The molecule has 0 radical (unpaired) electrons. The zero-order valence-electron chi connectivity index (χ0n) is 11.8. The Kier molecular flexibility index (Phi) is 5.03. The van der Waals surface area contributed by atoms with Gasteiger partial charge in [-0.1, -0.05) is 12.1 Å². The van der Waals surface area contributed by atoms with Gasteiger partial charge < -0.3 is 19.9 Å². The Labute approximate surface area is 113 Å². The second kappa shape index (κ2) is 6.31. The van der Waals surface area contributed by atoms with E-state index in [0.29, 0.717) is 18.7 Å². The number of benzene rings is 1. The van der Waals surface area contributed by atoms with Gasteiger partial charge in [0.2, 0.25) is 0 Å². The molecule has 0 atom stereocenters. The topological polar surface area (TPSA) is 67.8 Å². The lowest BCUT2D eigenvalue weighted by Crippen LogP contribution is -2.33. The van der Waals surface area contributed by atoms with Gasteiger partial charge in [-0.2, -0.15) is 0 Å². The van der Waals surface area contributed by atoms with E-state index in [1.165, 1.54) is 7.11 Å². The van der Waals surface area contributed by atoms with Crippen LogP contribution >= 0.6 is 0 Å². The molecule has 0 aliphatic rings. The summed E-state index contributed by atoms with van der Waals surface area (Å²) in [5.41, 5.74) is 0.206. The summed E-state index contributed by atoms with van der Waals surface area (Å²) in [6.45, 7) is 5.80. The van der Waals surface area contributed by atoms with Crippen molar-refractivity contribution in [3.05, 3.63) is 23.8 Å². The van der Waals surface area contributed by atoms with Crippen LogP contribution in [0.15, 0.2) is 18.2 Å². The number of para-hydroxylation sites is 1. The molecule has 0 heterocycles. The van der Waals surface area contributed by atoms with Crippen LogP contribution in [0.2, 0.25) is 0 Å². The standard InChI is InChI=1S/C14H21NO4/c1-14(2,3)19-13(17)15-9-8-10-6-5-7-11(18-4)12(10)16/h5-7,16H,8-9H2,1-4H3,(H,15,17). The molecule has 5 heteroatoms. The molecular formula is C14H21NO4. The highest BCUT2D eigenvalue weighted by atomic mass is 16.6. The molecule has 0 bridgehead atoms. The number of aromatic hydroxyl groups is 1. The zero-order valence-corrected chi connectivity index (χ0v) is 11.8. The van der Waals surface area contributed by atoms with Gasteiger partial charge in [0.05, 0.1) is 7.11 Å². The number of hydrogen-bond donors (Lipinski definition) is 2. The number of amides is 1. The molecule has 2 N–H and O–H groups in total. The minimum Gasteiger partial charge on any atom is -0.504 e. The Bertz CT molecular complexity index is 438. The lowest BCUT2D eigenvalue weighted by Gasteiger charge is -2.19. The van der Waals surface area contributed by atoms with E-state index in [9.17, 15) is 9.90 Å². The van der Waals surface area contributed by atoms with Crippen molar-refractivity contribution in [1.29, 1.82) is 0 Å². The molecule has 0 unspecified atom stereocenters. The fraction of sp³-hybridized carbons (Fsp3) is 0.500. The highest BCUT2D eigenvalue weighted by Crippen LogP contribution is 2.29. The molecule has 0 saturated carbocycles. The molecule has 0 fully saturated rings. The summed E-state index contributed by atoms with van der Waals surface area (Å²) in [5, 5.41) is 12.5. The molecule has 0 aromatic heterocycles. The molecule has 0 saturated heterocycles. The Morgan fingerprint density at radius 1 is 1.37 bits per heavy atom. The van der Waals surface area contributed by atoms with Gasteiger partial charge in [-0.05, 0) is 38.8 Å². The van der Waals surface area contributed by atoms with Crippen molar-refractivity contribution >= 4 is 6.09 Å².